The Hall–Kier alpha value is -3.06. The summed E-state index contributed by atoms with van der Waals surface area (Å²) in [5.74, 6) is 0.828. The van der Waals surface area contributed by atoms with E-state index in [1.165, 1.54) is 7.11 Å². The molecule has 0 saturated carbocycles. The number of carbonyl (C=O) groups excluding carboxylic acids is 2. The van der Waals surface area contributed by atoms with Gasteiger partial charge in [-0.25, -0.2) is 0 Å². The summed E-state index contributed by atoms with van der Waals surface area (Å²) in [5.41, 5.74) is 1.27. The smallest absolute Gasteiger partial charge is 0.257 e. The SMILES string of the molecule is COc1cccc(C(=O)N2CCN(CC(=O)Nc3ccccc3)CC2)c1OC. The van der Waals surface area contributed by atoms with Gasteiger partial charge in [0.15, 0.2) is 11.5 Å². The number of amides is 2. The fourth-order valence-electron chi connectivity index (χ4n) is 3.26. The van der Waals surface area contributed by atoms with Gasteiger partial charge in [-0.2, -0.15) is 0 Å². The standard InChI is InChI=1S/C21H25N3O4/c1-27-18-10-6-9-17(20(18)28-2)21(26)24-13-11-23(12-14-24)15-19(25)22-16-7-4-3-5-8-16/h3-10H,11-15H2,1-2H3,(H,22,25). The number of anilines is 1. The van der Waals surface area contributed by atoms with Crippen LogP contribution in [0.2, 0.25) is 0 Å². The Morgan fingerprint density at radius 2 is 1.64 bits per heavy atom. The van der Waals surface area contributed by atoms with Crippen molar-refractivity contribution >= 4 is 17.5 Å². The Morgan fingerprint density at radius 3 is 2.29 bits per heavy atom. The number of methoxy groups -OCH3 is 2. The lowest BCUT2D eigenvalue weighted by Gasteiger charge is -2.34. The van der Waals surface area contributed by atoms with Crippen LogP contribution in [0.4, 0.5) is 5.69 Å². The van der Waals surface area contributed by atoms with Gasteiger partial charge in [0.1, 0.15) is 0 Å². The summed E-state index contributed by atoms with van der Waals surface area (Å²) in [5, 5.41) is 2.89. The van der Waals surface area contributed by atoms with E-state index in [0.29, 0.717) is 49.8 Å². The number of nitrogens with zero attached hydrogens (tertiary/aromatic N) is 2. The van der Waals surface area contributed by atoms with Crippen LogP contribution in [0.15, 0.2) is 48.5 Å². The highest BCUT2D eigenvalue weighted by atomic mass is 16.5. The van der Waals surface area contributed by atoms with E-state index < -0.39 is 0 Å². The molecule has 1 N–H and O–H groups in total. The molecule has 3 rings (SSSR count). The fraction of sp³-hybridized carbons (Fsp3) is 0.333. The van der Waals surface area contributed by atoms with Crippen molar-refractivity contribution in [2.45, 2.75) is 0 Å². The van der Waals surface area contributed by atoms with Crippen LogP contribution in [0.5, 0.6) is 11.5 Å². The summed E-state index contributed by atoms with van der Waals surface area (Å²) < 4.78 is 10.6. The van der Waals surface area contributed by atoms with Gasteiger partial charge in [0, 0.05) is 31.9 Å². The molecule has 0 unspecified atom stereocenters. The Balaban J connectivity index is 1.55. The second-order valence-electron chi connectivity index (χ2n) is 6.52. The topological polar surface area (TPSA) is 71.1 Å². The molecule has 1 aliphatic rings. The van der Waals surface area contributed by atoms with E-state index in [4.69, 9.17) is 9.47 Å². The summed E-state index contributed by atoms with van der Waals surface area (Å²) in [4.78, 5) is 28.9. The van der Waals surface area contributed by atoms with Gasteiger partial charge in [-0.1, -0.05) is 24.3 Å². The monoisotopic (exact) mass is 383 g/mol. The minimum Gasteiger partial charge on any atom is -0.493 e. The van der Waals surface area contributed by atoms with Gasteiger partial charge in [-0.05, 0) is 24.3 Å². The first kappa shape index (κ1) is 19.7. The average molecular weight is 383 g/mol. The largest absolute Gasteiger partial charge is 0.493 e. The second-order valence-corrected chi connectivity index (χ2v) is 6.52. The summed E-state index contributed by atoms with van der Waals surface area (Å²) in [6.07, 6.45) is 0. The number of para-hydroxylation sites is 2. The van der Waals surface area contributed by atoms with Crippen LogP contribution in [-0.2, 0) is 4.79 Å². The minimum atomic E-state index is -0.0934. The summed E-state index contributed by atoms with van der Waals surface area (Å²) in [6.45, 7) is 2.69. The molecular formula is C21H25N3O4. The van der Waals surface area contributed by atoms with Crippen LogP contribution in [0.3, 0.4) is 0 Å². The van der Waals surface area contributed by atoms with E-state index in [9.17, 15) is 9.59 Å². The van der Waals surface area contributed by atoms with Crippen molar-refractivity contribution in [3.8, 4) is 11.5 Å². The highest BCUT2D eigenvalue weighted by Crippen LogP contribution is 2.31. The number of carbonyl (C=O) groups is 2. The molecule has 0 bridgehead atoms. The van der Waals surface area contributed by atoms with Crippen molar-refractivity contribution in [2.75, 3.05) is 52.3 Å². The minimum absolute atomic E-state index is 0.0551. The summed E-state index contributed by atoms with van der Waals surface area (Å²) in [6, 6.07) is 14.7. The van der Waals surface area contributed by atoms with Gasteiger partial charge in [-0.15, -0.1) is 0 Å². The lowest BCUT2D eigenvalue weighted by molar-refractivity contribution is -0.117. The molecule has 7 heteroatoms. The van der Waals surface area contributed by atoms with E-state index in [0.717, 1.165) is 5.69 Å². The van der Waals surface area contributed by atoms with Crippen molar-refractivity contribution in [1.29, 1.82) is 0 Å². The highest BCUT2D eigenvalue weighted by Gasteiger charge is 2.26. The Kier molecular flexibility index (Phi) is 6.49. The van der Waals surface area contributed by atoms with E-state index in [1.54, 1.807) is 30.2 Å². The molecule has 7 nitrogen and oxygen atoms in total. The zero-order valence-corrected chi connectivity index (χ0v) is 16.2. The van der Waals surface area contributed by atoms with Gasteiger partial charge >= 0.3 is 0 Å². The molecule has 1 heterocycles. The van der Waals surface area contributed by atoms with Crippen LogP contribution in [0.25, 0.3) is 0 Å². The van der Waals surface area contributed by atoms with Gasteiger partial charge in [-0.3, -0.25) is 14.5 Å². The zero-order chi connectivity index (χ0) is 19.9. The Labute approximate surface area is 164 Å². The molecule has 1 fully saturated rings. The lowest BCUT2D eigenvalue weighted by Crippen LogP contribution is -2.50. The number of benzene rings is 2. The van der Waals surface area contributed by atoms with Crippen LogP contribution < -0.4 is 14.8 Å². The quantitative estimate of drug-likeness (QED) is 0.827. The van der Waals surface area contributed by atoms with Crippen molar-refractivity contribution < 1.29 is 19.1 Å². The molecule has 2 aromatic carbocycles. The molecule has 0 radical (unpaired) electrons. The first-order valence-corrected chi connectivity index (χ1v) is 9.20. The normalized spacial score (nSPS) is 14.4. The van der Waals surface area contributed by atoms with Crippen molar-refractivity contribution in [3.63, 3.8) is 0 Å². The molecule has 1 saturated heterocycles. The van der Waals surface area contributed by atoms with Crippen LogP contribution in [0.1, 0.15) is 10.4 Å². The van der Waals surface area contributed by atoms with Gasteiger partial charge < -0.3 is 19.7 Å². The third-order valence-electron chi connectivity index (χ3n) is 4.72. The number of rotatable bonds is 6. The number of hydrogen-bond acceptors (Lipinski definition) is 5. The van der Waals surface area contributed by atoms with Crippen molar-refractivity contribution in [3.05, 3.63) is 54.1 Å². The molecule has 148 valence electrons. The number of nitrogens with one attached hydrogen (secondary N) is 1. The molecule has 0 atom stereocenters. The predicted molar refractivity (Wildman–Crippen MR) is 107 cm³/mol. The third kappa shape index (κ3) is 4.61. The first-order chi connectivity index (χ1) is 13.6. The summed E-state index contributed by atoms with van der Waals surface area (Å²) in [7, 11) is 3.07. The van der Waals surface area contributed by atoms with Gasteiger partial charge in [0.05, 0.1) is 26.3 Å². The van der Waals surface area contributed by atoms with E-state index in [1.807, 2.05) is 35.2 Å². The maximum atomic E-state index is 12.9. The average Bonchev–Trinajstić information content (AvgIpc) is 2.73. The summed E-state index contributed by atoms with van der Waals surface area (Å²) >= 11 is 0. The van der Waals surface area contributed by atoms with E-state index in [-0.39, 0.29) is 11.8 Å². The van der Waals surface area contributed by atoms with Crippen molar-refractivity contribution in [1.82, 2.24) is 9.80 Å². The lowest BCUT2D eigenvalue weighted by atomic mass is 10.1. The first-order valence-electron chi connectivity index (χ1n) is 9.20. The van der Waals surface area contributed by atoms with Crippen molar-refractivity contribution in [2.24, 2.45) is 0 Å². The molecule has 0 spiro atoms. The molecule has 0 aliphatic carbocycles. The molecule has 1 aliphatic heterocycles. The Bertz CT molecular complexity index is 818. The Morgan fingerprint density at radius 1 is 0.929 bits per heavy atom. The van der Waals surface area contributed by atoms with Gasteiger partial charge in [0.25, 0.3) is 5.91 Å². The molecule has 28 heavy (non-hydrogen) atoms. The number of piperazine rings is 1. The van der Waals surface area contributed by atoms with Gasteiger partial charge in [0.2, 0.25) is 5.91 Å². The number of hydrogen-bond donors (Lipinski definition) is 1. The second kappa shape index (κ2) is 9.23. The number of ether oxygens (including phenoxy) is 2. The maximum Gasteiger partial charge on any atom is 0.257 e. The fourth-order valence-corrected chi connectivity index (χ4v) is 3.26. The maximum absolute atomic E-state index is 12.9. The van der Waals surface area contributed by atoms with Crippen LogP contribution in [-0.4, -0.2) is 68.6 Å². The molecule has 0 aromatic heterocycles. The van der Waals surface area contributed by atoms with E-state index in [2.05, 4.69) is 5.32 Å². The van der Waals surface area contributed by atoms with E-state index >= 15 is 0 Å². The highest BCUT2D eigenvalue weighted by molar-refractivity contribution is 5.98. The van der Waals surface area contributed by atoms with Crippen LogP contribution in [0, 0.1) is 0 Å². The molecular weight excluding hydrogens is 358 g/mol. The van der Waals surface area contributed by atoms with Crippen LogP contribution >= 0.6 is 0 Å². The predicted octanol–water partition coefficient (Wildman–Crippen LogP) is 2.10. The molecule has 2 aromatic rings. The zero-order valence-electron chi connectivity index (χ0n) is 16.2. The molecule has 2 amide bonds. The third-order valence-corrected chi connectivity index (χ3v) is 4.72.